The Kier molecular flexibility index (Phi) is 1.10. The Morgan fingerprint density at radius 1 is 1.44 bits per heavy atom. The minimum atomic E-state index is 1.03. The van der Waals surface area contributed by atoms with Gasteiger partial charge in [0.05, 0.1) is 0 Å². The smallest absolute Gasteiger partial charge is 0.0236 e. The highest BCUT2D eigenvalue weighted by atomic mass is 15.2. The van der Waals surface area contributed by atoms with E-state index >= 15 is 0 Å². The van der Waals surface area contributed by atoms with Crippen molar-refractivity contribution < 1.29 is 0 Å². The van der Waals surface area contributed by atoms with Gasteiger partial charge in [-0.3, -0.25) is 7.05 Å². The van der Waals surface area contributed by atoms with Gasteiger partial charge in [-0.2, -0.15) is 0 Å². The molecule has 0 aromatic carbocycles. The largest absolute Gasteiger partial charge is 0.459 e. The number of nitrogens with zero attached hydrogens (tertiary/aromatic N) is 1. The lowest BCUT2D eigenvalue weighted by molar-refractivity contribution is 0.373. The molecular formula is C8H14N-. The van der Waals surface area contributed by atoms with Crippen LogP contribution in [0.5, 0.6) is 0 Å². The van der Waals surface area contributed by atoms with Crippen LogP contribution in [0.2, 0.25) is 0 Å². The summed E-state index contributed by atoms with van der Waals surface area (Å²) in [5.74, 6) is 3.14. The van der Waals surface area contributed by atoms with Crippen molar-refractivity contribution in [1.29, 1.82) is 0 Å². The number of likely N-dealkylation sites (tertiary alicyclic amines) is 1. The van der Waals surface area contributed by atoms with E-state index in [0.717, 1.165) is 17.8 Å². The molecule has 1 heterocycles. The van der Waals surface area contributed by atoms with Crippen molar-refractivity contribution in [2.45, 2.75) is 13.3 Å². The molecule has 0 radical (unpaired) electrons. The van der Waals surface area contributed by atoms with Crippen molar-refractivity contribution in [2.75, 3.05) is 13.1 Å². The molecular weight excluding hydrogens is 110 g/mol. The van der Waals surface area contributed by atoms with Crippen LogP contribution in [0.25, 0.3) is 0 Å². The molecule has 2 aliphatic rings. The Hall–Kier alpha value is -0.0400. The van der Waals surface area contributed by atoms with Gasteiger partial charge < -0.3 is 4.90 Å². The third kappa shape index (κ3) is 0.710. The van der Waals surface area contributed by atoms with Crippen LogP contribution in [0.3, 0.4) is 0 Å². The maximum absolute atomic E-state index is 3.92. The van der Waals surface area contributed by atoms with Crippen LogP contribution in [-0.4, -0.2) is 18.0 Å². The topological polar surface area (TPSA) is 3.24 Å². The highest BCUT2D eigenvalue weighted by Crippen LogP contribution is 2.52. The highest BCUT2D eigenvalue weighted by molar-refractivity contribution is 5.03. The molecule has 2 unspecified atom stereocenters. The van der Waals surface area contributed by atoms with Gasteiger partial charge in [-0.05, 0) is 30.8 Å². The fraction of sp³-hybridized carbons (Fsp3) is 0.875. The van der Waals surface area contributed by atoms with Gasteiger partial charge in [0.25, 0.3) is 0 Å². The Morgan fingerprint density at radius 2 is 2.00 bits per heavy atom. The first-order valence-corrected chi connectivity index (χ1v) is 3.88. The molecule has 1 saturated heterocycles. The van der Waals surface area contributed by atoms with E-state index in [1.165, 1.54) is 19.5 Å². The summed E-state index contributed by atoms with van der Waals surface area (Å²) >= 11 is 0. The molecule has 0 aromatic heterocycles. The summed E-state index contributed by atoms with van der Waals surface area (Å²) in [5, 5.41) is 0. The molecule has 1 heteroatoms. The molecule has 0 bridgehead atoms. The molecule has 1 aliphatic carbocycles. The van der Waals surface area contributed by atoms with Crippen LogP contribution in [0.15, 0.2) is 0 Å². The number of fused-ring (bicyclic) bond motifs is 1. The van der Waals surface area contributed by atoms with Crippen molar-refractivity contribution in [3.63, 3.8) is 0 Å². The quantitative estimate of drug-likeness (QED) is 0.477. The third-order valence-electron chi connectivity index (χ3n) is 2.92. The fourth-order valence-electron chi connectivity index (χ4n) is 2.34. The van der Waals surface area contributed by atoms with Crippen molar-refractivity contribution in [3.05, 3.63) is 7.05 Å². The van der Waals surface area contributed by atoms with Gasteiger partial charge in [-0.1, -0.05) is 13.3 Å². The maximum atomic E-state index is 3.92. The van der Waals surface area contributed by atoms with E-state index in [9.17, 15) is 0 Å². The minimum Gasteiger partial charge on any atom is -0.459 e. The standard InChI is InChI=1S/C8H14N/c1-3-6-7-4-9(2)5-8(6)7/h6-8H,2-5H2,1H3/q-1. The molecule has 0 N–H and O–H groups in total. The zero-order valence-electron chi connectivity index (χ0n) is 6.01. The van der Waals surface area contributed by atoms with Crippen LogP contribution in [-0.2, 0) is 0 Å². The van der Waals surface area contributed by atoms with Crippen molar-refractivity contribution in [3.8, 4) is 0 Å². The summed E-state index contributed by atoms with van der Waals surface area (Å²) in [7, 11) is 3.92. The fourth-order valence-corrected chi connectivity index (χ4v) is 2.34. The molecule has 2 rings (SSSR count). The van der Waals surface area contributed by atoms with Crippen LogP contribution in [0.4, 0.5) is 0 Å². The summed E-state index contributed by atoms with van der Waals surface area (Å²) < 4.78 is 0. The Balaban J connectivity index is 1.91. The monoisotopic (exact) mass is 124 g/mol. The van der Waals surface area contributed by atoms with Crippen molar-refractivity contribution in [1.82, 2.24) is 4.90 Å². The van der Waals surface area contributed by atoms with E-state index in [0.29, 0.717) is 0 Å². The van der Waals surface area contributed by atoms with Crippen LogP contribution < -0.4 is 0 Å². The van der Waals surface area contributed by atoms with E-state index in [2.05, 4.69) is 18.9 Å². The molecule has 2 fully saturated rings. The number of rotatable bonds is 1. The van der Waals surface area contributed by atoms with Crippen LogP contribution in [0.1, 0.15) is 13.3 Å². The predicted octanol–water partition coefficient (Wildman–Crippen LogP) is 1.37. The molecule has 0 amide bonds. The average molecular weight is 124 g/mol. The molecule has 9 heavy (non-hydrogen) atoms. The normalized spacial score (nSPS) is 49.3. The van der Waals surface area contributed by atoms with Gasteiger partial charge in [0, 0.05) is 0 Å². The van der Waals surface area contributed by atoms with E-state index in [-0.39, 0.29) is 0 Å². The molecule has 1 aliphatic heterocycles. The first kappa shape index (κ1) is 5.72. The molecule has 52 valence electrons. The van der Waals surface area contributed by atoms with Gasteiger partial charge in [0.2, 0.25) is 0 Å². The van der Waals surface area contributed by atoms with E-state index < -0.39 is 0 Å². The number of hydrogen-bond acceptors (Lipinski definition) is 1. The van der Waals surface area contributed by atoms with E-state index in [4.69, 9.17) is 0 Å². The third-order valence-corrected chi connectivity index (χ3v) is 2.92. The second-order valence-electron chi connectivity index (χ2n) is 3.44. The zero-order chi connectivity index (χ0) is 6.43. The summed E-state index contributed by atoms with van der Waals surface area (Å²) in [4.78, 5) is 2.21. The summed E-state index contributed by atoms with van der Waals surface area (Å²) in [6.07, 6.45) is 1.39. The zero-order valence-corrected chi connectivity index (χ0v) is 6.01. The summed E-state index contributed by atoms with van der Waals surface area (Å²) in [5.41, 5.74) is 0. The van der Waals surface area contributed by atoms with Gasteiger partial charge >= 0.3 is 0 Å². The SMILES string of the molecule is [CH2-]N1CC2C(CC)C2C1. The summed E-state index contributed by atoms with van der Waals surface area (Å²) in [6.45, 7) is 4.84. The Morgan fingerprint density at radius 3 is 2.44 bits per heavy atom. The van der Waals surface area contributed by atoms with Gasteiger partial charge in [0.1, 0.15) is 0 Å². The van der Waals surface area contributed by atoms with Crippen molar-refractivity contribution in [2.24, 2.45) is 17.8 Å². The molecule has 2 atom stereocenters. The second-order valence-corrected chi connectivity index (χ2v) is 3.44. The number of piperidine rings is 1. The van der Waals surface area contributed by atoms with Crippen LogP contribution >= 0.6 is 0 Å². The van der Waals surface area contributed by atoms with Gasteiger partial charge in [0.15, 0.2) is 0 Å². The Bertz CT molecular complexity index is 110. The molecule has 1 saturated carbocycles. The first-order chi connectivity index (χ1) is 4.33. The van der Waals surface area contributed by atoms with Gasteiger partial charge in [-0.15, -0.1) is 0 Å². The van der Waals surface area contributed by atoms with E-state index in [1.54, 1.807) is 0 Å². The average Bonchev–Trinajstić information content (AvgIpc) is 2.30. The lowest BCUT2D eigenvalue weighted by atomic mass is 10.2. The highest BCUT2D eigenvalue weighted by Gasteiger charge is 2.51. The molecule has 1 nitrogen and oxygen atoms in total. The summed E-state index contributed by atoms with van der Waals surface area (Å²) in [6, 6.07) is 0. The predicted molar refractivity (Wildman–Crippen MR) is 37.7 cm³/mol. The van der Waals surface area contributed by atoms with Gasteiger partial charge in [-0.25, -0.2) is 0 Å². The van der Waals surface area contributed by atoms with Crippen molar-refractivity contribution >= 4 is 0 Å². The lowest BCUT2D eigenvalue weighted by Gasteiger charge is -2.20. The molecule has 0 aromatic rings. The lowest BCUT2D eigenvalue weighted by Crippen LogP contribution is -2.16. The minimum absolute atomic E-state index is 1.03. The number of hydrogen-bond donors (Lipinski definition) is 0. The first-order valence-electron chi connectivity index (χ1n) is 3.88. The second kappa shape index (κ2) is 1.72. The van der Waals surface area contributed by atoms with Crippen LogP contribution in [0, 0.1) is 24.8 Å². The van der Waals surface area contributed by atoms with E-state index in [1.807, 2.05) is 0 Å². The maximum Gasteiger partial charge on any atom is -0.0236 e. The Labute approximate surface area is 57.0 Å². The molecule has 0 spiro atoms.